The van der Waals surface area contributed by atoms with Gasteiger partial charge < -0.3 is 5.11 Å². The highest BCUT2D eigenvalue weighted by atomic mass is 16.3. The van der Waals surface area contributed by atoms with Gasteiger partial charge in [0.15, 0.2) is 0 Å². The van der Waals surface area contributed by atoms with E-state index in [1.165, 1.54) is 44.2 Å². The SMILES string of the molecule is C[C@@]12CC[C@H](O)C[C@@H]1CC[C@H]1[C@H]3CC/C(=N/NC(=O)c4ccncc4)[C@]3(C)CC[C@@H]12. The number of aliphatic hydroxyl groups is 1. The van der Waals surface area contributed by atoms with Crippen molar-refractivity contribution in [2.24, 2.45) is 39.6 Å². The topological polar surface area (TPSA) is 74.6 Å². The number of rotatable bonds is 2. The summed E-state index contributed by atoms with van der Waals surface area (Å²) in [6.07, 6.45) is 13.6. The Morgan fingerprint density at radius 2 is 1.90 bits per heavy atom. The largest absolute Gasteiger partial charge is 0.393 e. The zero-order chi connectivity index (χ0) is 20.9. The van der Waals surface area contributed by atoms with Crippen molar-refractivity contribution >= 4 is 11.6 Å². The fourth-order valence-electron chi connectivity index (χ4n) is 7.89. The number of amides is 1. The van der Waals surface area contributed by atoms with Gasteiger partial charge in [-0.1, -0.05) is 13.8 Å². The van der Waals surface area contributed by atoms with Crippen LogP contribution < -0.4 is 5.43 Å². The number of pyridine rings is 1. The van der Waals surface area contributed by atoms with Crippen LogP contribution in [0.25, 0.3) is 0 Å². The first-order chi connectivity index (χ1) is 14.4. The van der Waals surface area contributed by atoms with Crippen LogP contribution in [0.15, 0.2) is 29.6 Å². The molecule has 0 radical (unpaired) electrons. The van der Waals surface area contributed by atoms with Gasteiger partial charge >= 0.3 is 0 Å². The molecule has 5 heteroatoms. The summed E-state index contributed by atoms with van der Waals surface area (Å²) in [6.45, 7) is 4.93. The third-order valence-electron chi connectivity index (χ3n) is 9.61. The average Bonchev–Trinajstić information content (AvgIpc) is 3.09. The minimum Gasteiger partial charge on any atom is -0.393 e. The molecule has 2 N–H and O–H groups in total. The summed E-state index contributed by atoms with van der Waals surface area (Å²) in [5.41, 5.74) is 5.13. The number of hydrazone groups is 1. The van der Waals surface area contributed by atoms with Crippen LogP contribution in [0.4, 0.5) is 0 Å². The van der Waals surface area contributed by atoms with E-state index in [-0.39, 0.29) is 17.4 Å². The van der Waals surface area contributed by atoms with Crippen molar-refractivity contribution in [2.45, 2.75) is 77.7 Å². The molecule has 4 fully saturated rings. The third-order valence-corrected chi connectivity index (χ3v) is 9.61. The predicted molar refractivity (Wildman–Crippen MR) is 117 cm³/mol. The molecule has 0 spiro atoms. The van der Waals surface area contributed by atoms with E-state index in [1.54, 1.807) is 24.5 Å². The van der Waals surface area contributed by atoms with Gasteiger partial charge in [-0.15, -0.1) is 0 Å². The lowest BCUT2D eigenvalue weighted by atomic mass is 9.45. The standard InChI is InChI=1S/C25H35N3O2/c1-24-11-7-18(29)15-17(24)3-4-19-20-5-6-22(25(20,2)12-8-21(19)24)27-28-23(30)16-9-13-26-14-10-16/h9-10,13-14,17-21,29H,3-8,11-12,15H2,1-2H3,(H,28,30)/b27-22-/t17-,18-,19-,20+,21-,24+,25+/m0/s1. The molecule has 30 heavy (non-hydrogen) atoms. The van der Waals surface area contributed by atoms with E-state index in [1.807, 2.05) is 0 Å². The van der Waals surface area contributed by atoms with Gasteiger partial charge in [0.1, 0.15) is 0 Å². The van der Waals surface area contributed by atoms with Crippen molar-refractivity contribution in [1.29, 1.82) is 0 Å². The number of fused-ring (bicyclic) bond motifs is 5. The van der Waals surface area contributed by atoms with Crippen molar-refractivity contribution in [2.75, 3.05) is 0 Å². The van der Waals surface area contributed by atoms with Crippen molar-refractivity contribution in [1.82, 2.24) is 10.4 Å². The van der Waals surface area contributed by atoms with Crippen molar-refractivity contribution in [3.63, 3.8) is 0 Å². The Balaban J connectivity index is 1.33. The first kappa shape index (κ1) is 20.2. The highest BCUT2D eigenvalue weighted by molar-refractivity contribution is 5.97. The van der Waals surface area contributed by atoms with E-state index in [0.29, 0.717) is 22.8 Å². The smallest absolute Gasteiger partial charge is 0.271 e. The van der Waals surface area contributed by atoms with E-state index in [2.05, 4.69) is 29.4 Å². The molecule has 1 aromatic rings. The van der Waals surface area contributed by atoms with Gasteiger partial charge in [-0.05, 0) is 99.0 Å². The van der Waals surface area contributed by atoms with E-state index < -0.39 is 0 Å². The van der Waals surface area contributed by atoms with Crippen molar-refractivity contribution < 1.29 is 9.90 Å². The zero-order valence-electron chi connectivity index (χ0n) is 18.3. The van der Waals surface area contributed by atoms with Crippen LogP contribution in [0.5, 0.6) is 0 Å². The average molecular weight is 410 g/mol. The van der Waals surface area contributed by atoms with Gasteiger partial charge in [-0.3, -0.25) is 9.78 Å². The number of aromatic nitrogens is 1. The molecule has 5 nitrogen and oxygen atoms in total. The molecule has 7 atom stereocenters. The van der Waals surface area contributed by atoms with Gasteiger partial charge in [0, 0.05) is 29.1 Å². The Kier molecular flexibility index (Phi) is 5.00. The van der Waals surface area contributed by atoms with E-state index in [4.69, 9.17) is 0 Å². The van der Waals surface area contributed by atoms with Gasteiger partial charge in [-0.25, -0.2) is 5.43 Å². The summed E-state index contributed by atoms with van der Waals surface area (Å²) in [6, 6.07) is 3.44. The maximum absolute atomic E-state index is 12.5. The van der Waals surface area contributed by atoms with E-state index >= 15 is 0 Å². The lowest BCUT2D eigenvalue weighted by molar-refractivity contribution is -0.113. The lowest BCUT2D eigenvalue weighted by Crippen LogP contribution is -2.54. The second-order valence-corrected chi connectivity index (χ2v) is 10.8. The molecule has 0 unspecified atom stereocenters. The van der Waals surface area contributed by atoms with Gasteiger partial charge in [0.25, 0.3) is 5.91 Å². The van der Waals surface area contributed by atoms with Gasteiger partial charge in [0.2, 0.25) is 0 Å². The summed E-state index contributed by atoms with van der Waals surface area (Å²) in [5.74, 6) is 2.77. The van der Waals surface area contributed by atoms with E-state index in [0.717, 1.165) is 31.1 Å². The first-order valence-electron chi connectivity index (χ1n) is 11.9. The highest BCUT2D eigenvalue weighted by Crippen LogP contribution is 2.65. The number of carbonyl (C=O) groups excluding carboxylic acids is 1. The third kappa shape index (κ3) is 3.12. The van der Waals surface area contributed by atoms with Crippen LogP contribution in [0.2, 0.25) is 0 Å². The second-order valence-electron chi connectivity index (χ2n) is 10.8. The summed E-state index contributed by atoms with van der Waals surface area (Å²) < 4.78 is 0. The van der Waals surface area contributed by atoms with Crippen LogP contribution in [-0.2, 0) is 0 Å². The molecule has 4 aliphatic carbocycles. The Morgan fingerprint density at radius 1 is 1.10 bits per heavy atom. The molecule has 4 aliphatic rings. The molecule has 1 heterocycles. The van der Waals surface area contributed by atoms with Crippen LogP contribution in [0.1, 0.15) is 82.0 Å². The van der Waals surface area contributed by atoms with Gasteiger partial charge in [-0.2, -0.15) is 5.10 Å². The first-order valence-corrected chi connectivity index (χ1v) is 11.9. The van der Waals surface area contributed by atoms with Crippen molar-refractivity contribution in [3.05, 3.63) is 30.1 Å². The predicted octanol–water partition coefficient (Wildman–Crippen LogP) is 4.57. The molecule has 162 valence electrons. The Morgan fingerprint density at radius 3 is 2.70 bits per heavy atom. The van der Waals surface area contributed by atoms with E-state index in [9.17, 15) is 9.90 Å². The maximum Gasteiger partial charge on any atom is 0.271 e. The monoisotopic (exact) mass is 409 g/mol. The molecule has 0 aromatic carbocycles. The number of hydrogen-bond donors (Lipinski definition) is 2. The number of hydrogen-bond acceptors (Lipinski definition) is 4. The van der Waals surface area contributed by atoms with Crippen LogP contribution in [-0.4, -0.2) is 27.8 Å². The summed E-state index contributed by atoms with van der Waals surface area (Å²) in [4.78, 5) is 16.4. The molecule has 4 saturated carbocycles. The van der Waals surface area contributed by atoms with Gasteiger partial charge in [0.05, 0.1) is 6.10 Å². The van der Waals surface area contributed by atoms with Crippen molar-refractivity contribution in [3.8, 4) is 0 Å². The zero-order valence-corrected chi connectivity index (χ0v) is 18.3. The Bertz CT molecular complexity index is 840. The minimum atomic E-state index is -0.153. The van der Waals surface area contributed by atoms with Crippen LogP contribution in [0, 0.1) is 34.5 Å². The molecule has 0 saturated heterocycles. The highest BCUT2D eigenvalue weighted by Gasteiger charge is 2.59. The summed E-state index contributed by atoms with van der Waals surface area (Å²) >= 11 is 0. The number of nitrogens with zero attached hydrogens (tertiary/aromatic N) is 2. The molecule has 1 aromatic heterocycles. The number of aliphatic hydroxyl groups excluding tert-OH is 1. The number of carbonyl (C=O) groups is 1. The molecular weight excluding hydrogens is 374 g/mol. The second kappa shape index (κ2) is 7.44. The maximum atomic E-state index is 12.5. The molecule has 0 bridgehead atoms. The fourth-order valence-corrected chi connectivity index (χ4v) is 7.89. The normalized spacial score (nSPS) is 44.1. The number of nitrogens with one attached hydrogen (secondary N) is 1. The Hall–Kier alpha value is -1.75. The quantitative estimate of drug-likeness (QED) is 0.703. The van der Waals surface area contributed by atoms with Crippen LogP contribution >= 0.6 is 0 Å². The molecule has 0 aliphatic heterocycles. The molecular formula is C25H35N3O2. The molecule has 1 amide bonds. The Labute approximate surface area is 179 Å². The molecule has 5 rings (SSSR count). The van der Waals surface area contributed by atoms with Crippen LogP contribution in [0.3, 0.4) is 0 Å². The summed E-state index contributed by atoms with van der Waals surface area (Å²) in [5, 5.41) is 14.9. The fraction of sp³-hybridized carbons (Fsp3) is 0.720. The summed E-state index contributed by atoms with van der Waals surface area (Å²) in [7, 11) is 0. The lowest BCUT2D eigenvalue weighted by Gasteiger charge is -2.60. The minimum absolute atomic E-state index is 0.0808.